The molecule has 5 heteroatoms. The molecule has 1 saturated heterocycles. The van der Waals surface area contributed by atoms with E-state index in [1.165, 1.54) is 5.69 Å². The van der Waals surface area contributed by atoms with E-state index >= 15 is 0 Å². The van der Waals surface area contributed by atoms with Crippen molar-refractivity contribution in [2.45, 2.75) is 26.3 Å². The van der Waals surface area contributed by atoms with Gasteiger partial charge in [-0.1, -0.05) is 18.2 Å². The summed E-state index contributed by atoms with van der Waals surface area (Å²) >= 11 is 0. The zero-order valence-electron chi connectivity index (χ0n) is 15.2. The SMILES string of the molecule is CC(C)(C)NC(=O)c1ccc(N2CCN(c3ccccc3)CC2)cn1. The number of rotatable bonds is 3. The number of para-hydroxylation sites is 1. The fraction of sp³-hybridized carbons (Fsp3) is 0.400. The van der Waals surface area contributed by atoms with Crippen molar-refractivity contribution in [2.24, 2.45) is 0 Å². The van der Waals surface area contributed by atoms with Crippen LogP contribution in [0.5, 0.6) is 0 Å². The average molecular weight is 338 g/mol. The third kappa shape index (κ3) is 4.50. The van der Waals surface area contributed by atoms with Crippen molar-refractivity contribution in [2.75, 3.05) is 36.0 Å². The van der Waals surface area contributed by atoms with Crippen LogP contribution in [0.4, 0.5) is 11.4 Å². The molecule has 1 aliphatic heterocycles. The highest BCUT2D eigenvalue weighted by atomic mass is 16.2. The van der Waals surface area contributed by atoms with E-state index in [-0.39, 0.29) is 11.4 Å². The highest BCUT2D eigenvalue weighted by molar-refractivity contribution is 5.92. The van der Waals surface area contributed by atoms with Crippen LogP contribution in [0.1, 0.15) is 31.3 Å². The van der Waals surface area contributed by atoms with Crippen molar-refractivity contribution >= 4 is 17.3 Å². The second-order valence-electron chi connectivity index (χ2n) is 7.42. The first-order chi connectivity index (χ1) is 11.9. The van der Waals surface area contributed by atoms with Crippen LogP contribution >= 0.6 is 0 Å². The highest BCUT2D eigenvalue weighted by Gasteiger charge is 2.19. The quantitative estimate of drug-likeness (QED) is 0.935. The van der Waals surface area contributed by atoms with Crippen LogP contribution in [-0.4, -0.2) is 42.6 Å². The summed E-state index contributed by atoms with van der Waals surface area (Å²) in [6.45, 7) is 9.75. The molecule has 0 aliphatic carbocycles. The molecule has 0 unspecified atom stereocenters. The van der Waals surface area contributed by atoms with Gasteiger partial charge in [0.15, 0.2) is 0 Å². The van der Waals surface area contributed by atoms with E-state index in [0.717, 1.165) is 31.9 Å². The standard InChI is InChI=1S/C20H26N4O/c1-20(2,3)22-19(25)18-10-9-17(15-21-18)24-13-11-23(12-14-24)16-7-5-4-6-8-16/h4-10,15H,11-14H2,1-3H3,(H,22,25). The fourth-order valence-electron chi connectivity index (χ4n) is 2.97. The van der Waals surface area contributed by atoms with E-state index in [1.54, 1.807) is 12.3 Å². The van der Waals surface area contributed by atoms with Crippen molar-refractivity contribution in [3.63, 3.8) is 0 Å². The van der Waals surface area contributed by atoms with Crippen molar-refractivity contribution in [3.05, 3.63) is 54.4 Å². The third-order valence-electron chi connectivity index (χ3n) is 4.24. The third-order valence-corrected chi connectivity index (χ3v) is 4.24. The van der Waals surface area contributed by atoms with Crippen molar-refractivity contribution in [3.8, 4) is 0 Å². The van der Waals surface area contributed by atoms with Crippen LogP contribution in [0.2, 0.25) is 0 Å². The van der Waals surface area contributed by atoms with Gasteiger partial charge in [0.25, 0.3) is 5.91 Å². The molecule has 5 nitrogen and oxygen atoms in total. The monoisotopic (exact) mass is 338 g/mol. The molecule has 1 N–H and O–H groups in total. The number of anilines is 2. The first-order valence-corrected chi connectivity index (χ1v) is 8.76. The minimum absolute atomic E-state index is 0.132. The number of hydrogen-bond acceptors (Lipinski definition) is 4. The van der Waals surface area contributed by atoms with Gasteiger partial charge in [0.05, 0.1) is 11.9 Å². The Morgan fingerprint density at radius 1 is 0.920 bits per heavy atom. The van der Waals surface area contributed by atoms with Crippen LogP contribution in [0.25, 0.3) is 0 Å². The Morgan fingerprint density at radius 3 is 2.04 bits per heavy atom. The average Bonchev–Trinajstić information content (AvgIpc) is 2.61. The lowest BCUT2D eigenvalue weighted by Crippen LogP contribution is -2.46. The lowest BCUT2D eigenvalue weighted by molar-refractivity contribution is 0.0914. The number of nitrogens with zero attached hydrogens (tertiary/aromatic N) is 3. The smallest absolute Gasteiger partial charge is 0.270 e. The molecule has 3 rings (SSSR count). The van der Waals surface area contributed by atoms with E-state index in [9.17, 15) is 4.79 Å². The van der Waals surface area contributed by atoms with Crippen LogP contribution in [0, 0.1) is 0 Å². The van der Waals surface area contributed by atoms with Crippen LogP contribution in [0.3, 0.4) is 0 Å². The second-order valence-corrected chi connectivity index (χ2v) is 7.42. The van der Waals surface area contributed by atoms with E-state index in [0.29, 0.717) is 5.69 Å². The molecule has 0 atom stereocenters. The summed E-state index contributed by atoms with van der Waals surface area (Å²) in [5, 5.41) is 2.94. The predicted octanol–water partition coefficient (Wildman–Crippen LogP) is 2.94. The number of piperazine rings is 1. The summed E-state index contributed by atoms with van der Waals surface area (Å²) in [5.41, 5.74) is 2.54. The molecule has 0 radical (unpaired) electrons. The lowest BCUT2D eigenvalue weighted by Gasteiger charge is -2.37. The lowest BCUT2D eigenvalue weighted by atomic mass is 10.1. The van der Waals surface area contributed by atoms with Crippen LogP contribution < -0.4 is 15.1 Å². The minimum atomic E-state index is -0.259. The Morgan fingerprint density at radius 2 is 1.52 bits per heavy atom. The molecule has 2 heterocycles. The Balaban J connectivity index is 1.60. The molecule has 1 amide bonds. The molecule has 0 spiro atoms. The first-order valence-electron chi connectivity index (χ1n) is 8.76. The maximum Gasteiger partial charge on any atom is 0.270 e. The zero-order chi connectivity index (χ0) is 17.9. The van der Waals surface area contributed by atoms with Gasteiger partial charge in [-0.2, -0.15) is 0 Å². The number of nitrogens with one attached hydrogen (secondary N) is 1. The number of carbonyl (C=O) groups is 1. The highest BCUT2D eigenvalue weighted by Crippen LogP contribution is 2.20. The van der Waals surface area contributed by atoms with E-state index < -0.39 is 0 Å². The van der Waals surface area contributed by atoms with E-state index in [1.807, 2.05) is 32.9 Å². The van der Waals surface area contributed by atoms with Gasteiger partial charge < -0.3 is 15.1 Å². The zero-order valence-corrected chi connectivity index (χ0v) is 15.2. The van der Waals surface area contributed by atoms with Crippen molar-refractivity contribution < 1.29 is 4.79 Å². The normalized spacial score (nSPS) is 15.2. The predicted molar refractivity (Wildman–Crippen MR) is 102 cm³/mol. The summed E-state index contributed by atoms with van der Waals surface area (Å²) in [5.74, 6) is -0.132. The summed E-state index contributed by atoms with van der Waals surface area (Å²) in [6.07, 6.45) is 1.80. The molecule has 0 bridgehead atoms. The fourth-order valence-corrected chi connectivity index (χ4v) is 2.97. The second kappa shape index (κ2) is 7.13. The number of pyridine rings is 1. The van der Waals surface area contributed by atoms with Gasteiger partial charge in [0.2, 0.25) is 0 Å². The van der Waals surface area contributed by atoms with Crippen molar-refractivity contribution in [1.29, 1.82) is 0 Å². The molecule has 1 fully saturated rings. The Bertz CT molecular complexity index is 699. The minimum Gasteiger partial charge on any atom is -0.368 e. The Labute approximate surface area is 149 Å². The van der Waals surface area contributed by atoms with E-state index in [4.69, 9.17) is 0 Å². The maximum absolute atomic E-state index is 12.2. The summed E-state index contributed by atoms with van der Waals surface area (Å²) in [4.78, 5) is 21.2. The molecular formula is C20H26N4O. The molecule has 1 aromatic carbocycles. The van der Waals surface area contributed by atoms with E-state index in [2.05, 4.69) is 44.4 Å². The number of benzene rings is 1. The summed E-state index contributed by atoms with van der Waals surface area (Å²) in [7, 11) is 0. The number of aromatic nitrogens is 1. The molecule has 132 valence electrons. The van der Waals surface area contributed by atoms with Gasteiger partial charge >= 0.3 is 0 Å². The summed E-state index contributed by atoms with van der Waals surface area (Å²) < 4.78 is 0. The van der Waals surface area contributed by atoms with Crippen LogP contribution in [0.15, 0.2) is 48.7 Å². The van der Waals surface area contributed by atoms with Gasteiger partial charge in [-0.25, -0.2) is 4.98 Å². The first kappa shape index (κ1) is 17.3. The Hall–Kier alpha value is -2.56. The summed E-state index contributed by atoms with van der Waals surface area (Å²) in [6, 6.07) is 14.3. The van der Waals surface area contributed by atoms with Gasteiger partial charge in [-0.3, -0.25) is 4.79 Å². The topological polar surface area (TPSA) is 48.5 Å². The Kier molecular flexibility index (Phi) is 4.93. The van der Waals surface area contributed by atoms with Crippen LogP contribution in [-0.2, 0) is 0 Å². The maximum atomic E-state index is 12.2. The van der Waals surface area contributed by atoms with Gasteiger partial charge in [-0.05, 0) is 45.0 Å². The number of amides is 1. The number of carbonyl (C=O) groups excluding carboxylic acids is 1. The van der Waals surface area contributed by atoms with Gasteiger partial charge in [-0.15, -0.1) is 0 Å². The number of hydrogen-bond donors (Lipinski definition) is 1. The largest absolute Gasteiger partial charge is 0.368 e. The molecule has 0 saturated carbocycles. The van der Waals surface area contributed by atoms with Gasteiger partial charge in [0.1, 0.15) is 5.69 Å². The van der Waals surface area contributed by atoms with Crippen molar-refractivity contribution in [1.82, 2.24) is 10.3 Å². The molecule has 1 aliphatic rings. The molecule has 1 aromatic heterocycles. The molecule has 25 heavy (non-hydrogen) atoms. The molecule has 2 aromatic rings. The molecular weight excluding hydrogens is 312 g/mol. The van der Waals surface area contributed by atoms with Gasteiger partial charge in [0, 0.05) is 37.4 Å².